The molecular weight excluding hydrogens is 411 g/mol. The summed E-state index contributed by atoms with van der Waals surface area (Å²) in [4.78, 5) is 13.0. The van der Waals surface area contributed by atoms with Gasteiger partial charge in [-0.3, -0.25) is 4.79 Å². The molecule has 0 saturated heterocycles. The van der Waals surface area contributed by atoms with E-state index in [0.717, 1.165) is 22.4 Å². The molecule has 7 heteroatoms. The van der Waals surface area contributed by atoms with Crippen LogP contribution in [0.3, 0.4) is 0 Å². The fraction of sp³-hybridized carbons (Fsp3) is 0.240. The van der Waals surface area contributed by atoms with Gasteiger partial charge >= 0.3 is 0 Å². The molecule has 0 atom stereocenters. The van der Waals surface area contributed by atoms with Crippen molar-refractivity contribution in [1.82, 2.24) is 9.88 Å². The van der Waals surface area contributed by atoms with E-state index >= 15 is 0 Å². The van der Waals surface area contributed by atoms with Gasteiger partial charge in [-0.1, -0.05) is 18.2 Å². The highest BCUT2D eigenvalue weighted by Crippen LogP contribution is 2.28. The molecule has 0 aliphatic heterocycles. The molecule has 0 fully saturated rings. The van der Waals surface area contributed by atoms with Crippen LogP contribution >= 0.6 is 0 Å². The normalized spacial score (nSPS) is 11.0. The molecule has 2 aromatic carbocycles. The predicted octanol–water partition coefficient (Wildman–Crippen LogP) is 4.72. The van der Waals surface area contributed by atoms with Crippen LogP contribution in [0.2, 0.25) is 0 Å². The lowest BCUT2D eigenvalue weighted by Gasteiger charge is -2.12. The van der Waals surface area contributed by atoms with Crippen molar-refractivity contribution in [1.29, 1.82) is 0 Å². The Labute approximate surface area is 185 Å². The minimum Gasteiger partial charge on any atom is -0.493 e. The van der Waals surface area contributed by atoms with Gasteiger partial charge in [0.05, 0.1) is 19.7 Å². The molecule has 0 aliphatic rings. The van der Waals surface area contributed by atoms with Crippen molar-refractivity contribution in [2.45, 2.75) is 19.9 Å². The van der Waals surface area contributed by atoms with E-state index in [1.54, 1.807) is 26.4 Å². The number of rotatable bonds is 8. The van der Waals surface area contributed by atoms with E-state index in [4.69, 9.17) is 13.9 Å². The summed E-state index contributed by atoms with van der Waals surface area (Å²) in [6, 6.07) is 15.7. The van der Waals surface area contributed by atoms with Crippen LogP contribution in [0.4, 0.5) is 4.39 Å². The number of benzene rings is 2. The molecule has 166 valence electrons. The highest BCUT2D eigenvalue weighted by Gasteiger charge is 2.19. The second kappa shape index (κ2) is 9.18. The summed E-state index contributed by atoms with van der Waals surface area (Å²) in [5.41, 5.74) is 3.68. The van der Waals surface area contributed by atoms with Gasteiger partial charge in [0.25, 0.3) is 5.91 Å². The number of nitrogens with zero attached hydrogens (tertiary/aromatic N) is 1. The molecule has 4 aromatic rings. The van der Waals surface area contributed by atoms with Crippen molar-refractivity contribution in [2.24, 2.45) is 0 Å². The topological polar surface area (TPSA) is 65.6 Å². The van der Waals surface area contributed by atoms with Crippen LogP contribution in [0.15, 0.2) is 59.0 Å². The predicted molar refractivity (Wildman–Crippen MR) is 120 cm³/mol. The Hall–Kier alpha value is -3.74. The SMILES string of the molecule is COc1ccc(CCNC(=O)c2cc3oc(C)cc3n2Cc2cccc(F)c2)cc1OC. The van der Waals surface area contributed by atoms with Crippen LogP contribution in [0, 0.1) is 12.7 Å². The molecule has 1 N–H and O–H groups in total. The Morgan fingerprint density at radius 1 is 1.03 bits per heavy atom. The van der Waals surface area contributed by atoms with E-state index in [2.05, 4.69) is 5.32 Å². The van der Waals surface area contributed by atoms with Crippen LogP contribution in [0.5, 0.6) is 11.5 Å². The van der Waals surface area contributed by atoms with Gasteiger partial charge in [-0.15, -0.1) is 0 Å². The number of ether oxygens (including phenoxy) is 2. The largest absolute Gasteiger partial charge is 0.493 e. The van der Waals surface area contributed by atoms with E-state index in [0.29, 0.717) is 42.3 Å². The fourth-order valence-corrected chi connectivity index (χ4v) is 3.79. The third-order valence-corrected chi connectivity index (χ3v) is 5.32. The van der Waals surface area contributed by atoms with Gasteiger partial charge in [0.2, 0.25) is 0 Å². The molecule has 2 aromatic heterocycles. The van der Waals surface area contributed by atoms with Gasteiger partial charge in [0, 0.05) is 25.2 Å². The molecule has 0 radical (unpaired) electrons. The lowest BCUT2D eigenvalue weighted by molar-refractivity contribution is 0.0945. The van der Waals surface area contributed by atoms with E-state index in [-0.39, 0.29) is 11.7 Å². The second-order valence-electron chi connectivity index (χ2n) is 7.55. The molecule has 0 bridgehead atoms. The van der Waals surface area contributed by atoms with Crippen LogP contribution in [0.25, 0.3) is 11.1 Å². The molecule has 6 nitrogen and oxygen atoms in total. The second-order valence-corrected chi connectivity index (χ2v) is 7.55. The average Bonchev–Trinajstić information content (AvgIpc) is 3.30. The first-order valence-corrected chi connectivity index (χ1v) is 10.3. The monoisotopic (exact) mass is 436 g/mol. The summed E-state index contributed by atoms with van der Waals surface area (Å²) in [5.74, 6) is 1.54. The summed E-state index contributed by atoms with van der Waals surface area (Å²) in [5, 5.41) is 2.97. The van der Waals surface area contributed by atoms with Crippen LogP contribution in [0.1, 0.15) is 27.4 Å². The summed E-state index contributed by atoms with van der Waals surface area (Å²) in [7, 11) is 3.18. The number of carbonyl (C=O) groups excluding carboxylic acids is 1. The molecule has 1 amide bonds. The Morgan fingerprint density at radius 2 is 1.84 bits per heavy atom. The quantitative estimate of drug-likeness (QED) is 0.434. The standard InChI is InChI=1S/C25H25FN2O4/c1-16-11-20-23(32-16)14-21(28(20)15-18-5-4-6-19(26)12-18)25(29)27-10-9-17-7-8-22(30-2)24(13-17)31-3/h4-8,11-14H,9-10,15H2,1-3H3,(H,27,29). The van der Waals surface area contributed by atoms with Crippen LogP contribution in [-0.4, -0.2) is 31.2 Å². The minimum atomic E-state index is -0.310. The Morgan fingerprint density at radius 3 is 2.59 bits per heavy atom. The van der Waals surface area contributed by atoms with Gasteiger partial charge in [-0.25, -0.2) is 4.39 Å². The number of fused-ring (bicyclic) bond motifs is 1. The number of amides is 1. The number of carbonyl (C=O) groups is 1. The van der Waals surface area contributed by atoms with E-state index in [1.807, 2.05) is 41.8 Å². The number of aryl methyl sites for hydroxylation is 1. The number of hydrogen-bond acceptors (Lipinski definition) is 4. The van der Waals surface area contributed by atoms with Crippen molar-refractivity contribution in [3.63, 3.8) is 0 Å². The molecule has 0 aliphatic carbocycles. The number of aromatic nitrogens is 1. The third kappa shape index (κ3) is 4.46. The van der Waals surface area contributed by atoms with Crippen molar-refractivity contribution in [3.05, 3.63) is 83.0 Å². The first kappa shape index (κ1) is 21.5. The van der Waals surface area contributed by atoms with Crippen molar-refractivity contribution in [3.8, 4) is 11.5 Å². The highest BCUT2D eigenvalue weighted by molar-refractivity contribution is 5.97. The number of nitrogens with one attached hydrogen (secondary N) is 1. The zero-order valence-corrected chi connectivity index (χ0v) is 18.3. The third-order valence-electron chi connectivity index (χ3n) is 5.32. The molecular formula is C25H25FN2O4. The van der Waals surface area contributed by atoms with E-state index in [1.165, 1.54) is 12.1 Å². The van der Waals surface area contributed by atoms with E-state index in [9.17, 15) is 9.18 Å². The van der Waals surface area contributed by atoms with Crippen molar-refractivity contribution in [2.75, 3.05) is 20.8 Å². The summed E-state index contributed by atoms with van der Waals surface area (Å²) in [6.45, 7) is 2.66. The van der Waals surface area contributed by atoms with Gasteiger partial charge in [0.1, 0.15) is 17.3 Å². The molecule has 4 rings (SSSR count). The lowest BCUT2D eigenvalue weighted by atomic mass is 10.1. The first-order chi connectivity index (χ1) is 15.5. The highest BCUT2D eigenvalue weighted by atomic mass is 19.1. The minimum absolute atomic E-state index is 0.217. The van der Waals surface area contributed by atoms with Crippen LogP contribution in [-0.2, 0) is 13.0 Å². The fourth-order valence-electron chi connectivity index (χ4n) is 3.79. The Kier molecular flexibility index (Phi) is 6.16. The van der Waals surface area contributed by atoms with Gasteiger partial charge in [-0.05, 0) is 48.7 Å². The smallest absolute Gasteiger partial charge is 0.268 e. The number of hydrogen-bond donors (Lipinski definition) is 1. The zero-order chi connectivity index (χ0) is 22.7. The Balaban J connectivity index is 1.51. The zero-order valence-electron chi connectivity index (χ0n) is 18.3. The van der Waals surface area contributed by atoms with Crippen LogP contribution < -0.4 is 14.8 Å². The van der Waals surface area contributed by atoms with Gasteiger partial charge < -0.3 is 23.8 Å². The molecule has 0 saturated carbocycles. The molecule has 0 spiro atoms. The maximum Gasteiger partial charge on any atom is 0.268 e. The maximum atomic E-state index is 13.7. The number of halogens is 1. The molecule has 32 heavy (non-hydrogen) atoms. The molecule has 0 unspecified atom stereocenters. The first-order valence-electron chi connectivity index (χ1n) is 10.3. The molecule has 2 heterocycles. The van der Waals surface area contributed by atoms with Crippen molar-refractivity contribution < 1.29 is 23.1 Å². The van der Waals surface area contributed by atoms with E-state index < -0.39 is 0 Å². The van der Waals surface area contributed by atoms with Gasteiger partial charge in [-0.2, -0.15) is 0 Å². The summed E-state index contributed by atoms with van der Waals surface area (Å²) >= 11 is 0. The summed E-state index contributed by atoms with van der Waals surface area (Å²) in [6.07, 6.45) is 0.631. The number of furan rings is 1. The Bertz CT molecular complexity index is 1260. The summed E-state index contributed by atoms with van der Waals surface area (Å²) < 4.78 is 31.9. The van der Waals surface area contributed by atoms with Gasteiger partial charge in [0.15, 0.2) is 17.1 Å². The maximum absolute atomic E-state index is 13.7. The number of methoxy groups -OCH3 is 2. The van der Waals surface area contributed by atoms with Crippen molar-refractivity contribution >= 4 is 17.0 Å². The average molecular weight is 436 g/mol. The lowest BCUT2D eigenvalue weighted by Crippen LogP contribution is -2.28.